The Balaban J connectivity index is 2.34. The zero-order valence-corrected chi connectivity index (χ0v) is 28.0. The largest absolute Gasteiger partial charge is 0.478 e. The van der Waals surface area contributed by atoms with Crippen LogP contribution in [0.5, 0.6) is 0 Å². The molecule has 0 saturated heterocycles. The molecule has 0 unspecified atom stereocenters. The Bertz CT molecular complexity index is 1520. The Labute approximate surface area is 288 Å². The maximum Gasteiger partial charge on any atom is 0.404 e. The van der Waals surface area contributed by atoms with Crippen LogP contribution in [0.4, 0.5) is 10.5 Å². The molecule has 17 heteroatoms. The summed E-state index contributed by atoms with van der Waals surface area (Å²) in [6, 6.07) is 6.49. The van der Waals surface area contributed by atoms with Gasteiger partial charge in [0.05, 0.1) is 17.2 Å². The van der Waals surface area contributed by atoms with Crippen molar-refractivity contribution in [2.24, 2.45) is 17.6 Å². The number of hydrogen-bond donors (Lipinski definition) is 10. The van der Waals surface area contributed by atoms with Crippen molar-refractivity contribution in [3.8, 4) is 0 Å². The Hall–Kier alpha value is -5.55. The second kappa shape index (κ2) is 18.8. The highest BCUT2D eigenvalue weighted by atomic mass is 16.4. The lowest BCUT2D eigenvalue weighted by Crippen LogP contribution is -2.60. The molecule has 5 amide bonds. The molecule has 0 bridgehead atoms. The van der Waals surface area contributed by atoms with E-state index in [0.29, 0.717) is 5.56 Å². The first kappa shape index (κ1) is 40.6. The molecule has 0 spiro atoms. The molecule has 0 aliphatic heterocycles. The van der Waals surface area contributed by atoms with Crippen LogP contribution < -0.4 is 32.3 Å². The molecule has 0 aromatic heterocycles. The van der Waals surface area contributed by atoms with Gasteiger partial charge in [-0.2, -0.15) is 0 Å². The van der Waals surface area contributed by atoms with Crippen molar-refractivity contribution in [2.75, 3.05) is 11.9 Å². The minimum absolute atomic E-state index is 0.0635. The summed E-state index contributed by atoms with van der Waals surface area (Å²) in [7, 11) is 0. The number of carbonyl (C=O) groups excluding carboxylic acids is 4. The number of aliphatic hydroxyl groups is 1. The number of carboxylic acid groups (broad SMARTS) is 3. The van der Waals surface area contributed by atoms with Gasteiger partial charge >= 0.3 is 18.0 Å². The number of benzene rings is 2. The first-order valence-corrected chi connectivity index (χ1v) is 15.7. The molecule has 0 fully saturated rings. The summed E-state index contributed by atoms with van der Waals surface area (Å²) in [5, 5.41) is 50.8. The van der Waals surface area contributed by atoms with E-state index in [0.717, 1.165) is 18.2 Å². The fourth-order valence-electron chi connectivity index (χ4n) is 4.79. The molecule has 0 radical (unpaired) electrons. The summed E-state index contributed by atoms with van der Waals surface area (Å²) >= 11 is 0. The van der Waals surface area contributed by atoms with Crippen molar-refractivity contribution in [3.05, 3.63) is 65.2 Å². The Morgan fingerprint density at radius 3 is 1.82 bits per heavy atom. The van der Waals surface area contributed by atoms with Crippen LogP contribution in [0.25, 0.3) is 0 Å². The van der Waals surface area contributed by atoms with Gasteiger partial charge in [-0.05, 0) is 48.4 Å². The average Bonchev–Trinajstić information content (AvgIpc) is 3.04. The number of rotatable bonds is 18. The van der Waals surface area contributed by atoms with Crippen molar-refractivity contribution < 1.29 is 54.0 Å². The Morgan fingerprint density at radius 2 is 1.32 bits per heavy atom. The number of hydrogen-bond acceptors (Lipinski definition) is 9. The maximum atomic E-state index is 13.7. The summed E-state index contributed by atoms with van der Waals surface area (Å²) < 4.78 is 0. The SMILES string of the molecule is CC(C)C[C@H](NC(=O)[C@@H](NC(=O)[C@@H](N)CNC(=O)O)C(C)C)C(=O)N[C@@H](Cc1ccccc1)[C@@H](O)C(=O)Nc1cc(C(=O)O)cc(C(=O)O)c1. The van der Waals surface area contributed by atoms with Gasteiger partial charge in [-0.25, -0.2) is 14.4 Å². The summed E-state index contributed by atoms with van der Waals surface area (Å²) in [6.45, 7) is 6.46. The third kappa shape index (κ3) is 12.8. The van der Waals surface area contributed by atoms with Crippen LogP contribution in [-0.4, -0.2) is 98.9 Å². The number of carbonyl (C=O) groups is 7. The van der Waals surface area contributed by atoms with Gasteiger partial charge in [-0.1, -0.05) is 58.0 Å². The standard InChI is InChI=1S/C33H44N6O11/c1-16(2)10-24(38-29(43)25(17(3)4)39-27(41)22(34)15-35-33(49)50)28(42)37-23(11-18-8-6-5-7-9-18)26(40)30(44)36-21-13-19(31(45)46)12-20(14-21)32(47)48/h5-9,12-14,16-17,22-26,35,40H,10-11,15,34H2,1-4H3,(H,36,44)(H,37,42)(H,38,43)(H,39,41)(H,45,46)(H,47,48)(H,49,50)/t22-,23-,24-,25-,26+/m0/s1. The van der Waals surface area contributed by atoms with Crippen LogP contribution in [0, 0.1) is 11.8 Å². The first-order valence-electron chi connectivity index (χ1n) is 15.7. The number of aliphatic hydroxyl groups excluding tert-OH is 1. The van der Waals surface area contributed by atoms with Crippen molar-refractivity contribution in [1.29, 1.82) is 0 Å². The van der Waals surface area contributed by atoms with Crippen LogP contribution in [0.2, 0.25) is 0 Å². The number of amides is 5. The highest BCUT2D eigenvalue weighted by Gasteiger charge is 2.34. The number of anilines is 1. The van der Waals surface area contributed by atoms with Crippen molar-refractivity contribution in [1.82, 2.24) is 21.3 Å². The van der Waals surface area contributed by atoms with Crippen LogP contribution in [-0.2, 0) is 25.6 Å². The van der Waals surface area contributed by atoms with E-state index in [1.54, 1.807) is 58.0 Å². The predicted molar refractivity (Wildman–Crippen MR) is 179 cm³/mol. The molecule has 17 nitrogen and oxygen atoms in total. The van der Waals surface area contributed by atoms with Crippen molar-refractivity contribution in [3.63, 3.8) is 0 Å². The van der Waals surface area contributed by atoms with E-state index in [-0.39, 0.29) is 24.4 Å². The van der Waals surface area contributed by atoms with Gasteiger partial charge in [0.25, 0.3) is 5.91 Å². The Kier molecular flexibility index (Phi) is 15.3. The second-order valence-electron chi connectivity index (χ2n) is 12.4. The second-order valence-corrected chi connectivity index (χ2v) is 12.4. The topological polar surface area (TPSA) is 287 Å². The third-order valence-electron chi connectivity index (χ3n) is 7.37. The fraction of sp³-hybridized carbons (Fsp3) is 0.424. The van der Waals surface area contributed by atoms with Gasteiger partial charge in [-0.3, -0.25) is 19.2 Å². The van der Waals surface area contributed by atoms with Gasteiger partial charge in [0.2, 0.25) is 17.7 Å². The third-order valence-corrected chi connectivity index (χ3v) is 7.37. The van der Waals surface area contributed by atoms with E-state index in [2.05, 4.69) is 21.3 Å². The summed E-state index contributed by atoms with van der Waals surface area (Å²) in [4.78, 5) is 86.9. The van der Waals surface area contributed by atoms with Crippen molar-refractivity contribution in [2.45, 2.75) is 70.8 Å². The van der Waals surface area contributed by atoms with Gasteiger partial charge in [0, 0.05) is 12.2 Å². The normalized spacial score (nSPS) is 14.0. The van der Waals surface area contributed by atoms with Crippen LogP contribution in [0.3, 0.4) is 0 Å². The fourth-order valence-corrected chi connectivity index (χ4v) is 4.79. The van der Waals surface area contributed by atoms with Crippen LogP contribution in [0.15, 0.2) is 48.5 Å². The summed E-state index contributed by atoms with van der Waals surface area (Å²) in [5.41, 5.74) is 5.29. The van der Waals surface area contributed by atoms with E-state index in [4.69, 9.17) is 10.8 Å². The smallest absolute Gasteiger partial charge is 0.404 e. The summed E-state index contributed by atoms with van der Waals surface area (Å²) in [6.07, 6.45) is -3.29. The highest BCUT2D eigenvalue weighted by Crippen LogP contribution is 2.18. The van der Waals surface area contributed by atoms with Gasteiger partial charge in [0.15, 0.2) is 6.10 Å². The lowest BCUT2D eigenvalue weighted by atomic mass is 9.97. The monoisotopic (exact) mass is 700 g/mol. The molecule has 2 rings (SSSR count). The molecule has 0 aliphatic rings. The van der Waals surface area contributed by atoms with Crippen LogP contribution in [0.1, 0.15) is 60.4 Å². The molecule has 50 heavy (non-hydrogen) atoms. The predicted octanol–water partition coefficient (Wildman–Crippen LogP) is 0.377. The molecular formula is C33H44N6O11. The molecule has 272 valence electrons. The molecule has 0 saturated carbocycles. The zero-order chi connectivity index (χ0) is 37.7. The van der Waals surface area contributed by atoms with Gasteiger partial charge in [-0.15, -0.1) is 0 Å². The number of carboxylic acids is 2. The molecule has 0 heterocycles. The van der Waals surface area contributed by atoms with E-state index in [1.807, 2.05) is 5.32 Å². The minimum Gasteiger partial charge on any atom is -0.478 e. The van der Waals surface area contributed by atoms with Crippen molar-refractivity contribution >= 4 is 47.3 Å². The lowest BCUT2D eigenvalue weighted by Gasteiger charge is -2.29. The average molecular weight is 701 g/mol. The van der Waals surface area contributed by atoms with Gasteiger partial charge < -0.3 is 52.7 Å². The van der Waals surface area contributed by atoms with E-state index >= 15 is 0 Å². The molecule has 11 N–H and O–H groups in total. The number of nitrogens with two attached hydrogens (primary N) is 1. The number of aromatic carboxylic acids is 2. The molecular weight excluding hydrogens is 656 g/mol. The lowest BCUT2D eigenvalue weighted by molar-refractivity contribution is -0.134. The number of nitrogens with one attached hydrogen (secondary N) is 5. The Morgan fingerprint density at radius 1 is 0.740 bits per heavy atom. The van der Waals surface area contributed by atoms with Gasteiger partial charge in [0.1, 0.15) is 18.1 Å². The molecule has 0 aliphatic carbocycles. The first-order chi connectivity index (χ1) is 23.4. The summed E-state index contributed by atoms with van der Waals surface area (Å²) in [5.74, 6) is -6.92. The van der Waals surface area contributed by atoms with E-state index < -0.39 is 95.5 Å². The zero-order valence-electron chi connectivity index (χ0n) is 28.0. The minimum atomic E-state index is -1.94. The van der Waals surface area contributed by atoms with E-state index in [1.165, 1.54) is 0 Å². The quantitative estimate of drug-likeness (QED) is 0.101. The molecule has 2 aromatic rings. The molecule has 5 atom stereocenters. The maximum absolute atomic E-state index is 13.7. The van der Waals surface area contributed by atoms with Crippen LogP contribution >= 0.6 is 0 Å². The van der Waals surface area contributed by atoms with E-state index in [9.17, 15) is 48.9 Å². The molecule has 2 aromatic carbocycles. The highest BCUT2D eigenvalue weighted by molar-refractivity contribution is 6.00.